The maximum absolute atomic E-state index is 13.3. The molecule has 296 valence electrons. The van der Waals surface area contributed by atoms with Crippen LogP contribution < -0.4 is 30.3 Å². The first-order chi connectivity index (χ1) is 27.3. The standard InChI is InChI=1S/C41H42ClN6O8P/c1-55-33-21-27(12-11-24(33)20-35-43-22-29(42)30(45-35)19-25-7-4-5-10-34(25)57(2,3)54)47-17-15-26(16-18-47)44-37(50)23-56-32-9-6-8-28-38(32)41(53)48(40(28)52)31-13-14-36(49)46-39(31)51/h4-12,21-22,26,31H,13-20,23H2,1-3H3,(H,44,50)(H,46,49,51). The van der Waals surface area contributed by atoms with Crippen LogP contribution in [0.2, 0.25) is 5.02 Å². The van der Waals surface area contributed by atoms with Crippen molar-refractivity contribution in [2.24, 2.45) is 0 Å². The third-order valence-corrected chi connectivity index (χ3v) is 12.3. The van der Waals surface area contributed by atoms with E-state index in [9.17, 15) is 28.5 Å². The normalized spacial score (nSPS) is 17.4. The number of aromatic nitrogens is 2. The van der Waals surface area contributed by atoms with Gasteiger partial charge >= 0.3 is 0 Å². The zero-order chi connectivity index (χ0) is 40.4. The molecule has 4 aromatic rings. The van der Waals surface area contributed by atoms with Gasteiger partial charge in [-0.2, -0.15) is 0 Å². The molecular weight excluding hydrogens is 771 g/mol. The van der Waals surface area contributed by atoms with Gasteiger partial charge in [-0.15, -0.1) is 0 Å². The quantitative estimate of drug-likeness (QED) is 0.155. The third-order valence-electron chi connectivity index (χ3n) is 10.4. The average Bonchev–Trinajstić information content (AvgIpc) is 3.44. The first-order valence-corrected chi connectivity index (χ1v) is 21.6. The maximum atomic E-state index is 13.3. The van der Waals surface area contributed by atoms with Gasteiger partial charge in [0.2, 0.25) is 11.8 Å². The number of rotatable bonds is 12. The van der Waals surface area contributed by atoms with E-state index < -0.39 is 36.8 Å². The van der Waals surface area contributed by atoms with E-state index in [4.69, 9.17) is 26.1 Å². The van der Waals surface area contributed by atoms with Gasteiger partial charge in [-0.05, 0) is 56.4 Å². The van der Waals surface area contributed by atoms with Crippen molar-refractivity contribution < 1.29 is 38.0 Å². The molecule has 14 nitrogen and oxygen atoms in total. The van der Waals surface area contributed by atoms with Gasteiger partial charge in [0.05, 0.1) is 29.0 Å². The summed E-state index contributed by atoms with van der Waals surface area (Å²) in [5.41, 5.74) is 3.53. The minimum Gasteiger partial charge on any atom is -0.496 e. The average molecular weight is 813 g/mol. The van der Waals surface area contributed by atoms with Gasteiger partial charge in [0.15, 0.2) is 6.61 Å². The fourth-order valence-electron chi connectivity index (χ4n) is 7.56. The number of hydrogen-bond acceptors (Lipinski definition) is 11. The van der Waals surface area contributed by atoms with Gasteiger partial charge in [0.25, 0.3) is 17.7 Å². The van der Waals surface area contributed by atoms with E-state index in [0.29, 0.717) is 61.1 Å². The number of piperidine rings is 2. The first-order valence-electron chi connectivity index (χ1n) is 18.6. The van der Waals surface area contributed by atoms with Crippen LogP contribution >= 0.6 is 18.7 Å². The highest BCUT2D eigenvalue weighted by Crippen LogP contribution is 2.37. The number of nitrogens with zero attached hydrogens (tertiary/aromatic N) is 4. The van der Waals surface area contributed by atoms with Crippen molar-refractivity contribution in [3.05, 3.63) is 106 Å². The topological polar surface area (TPSA) is 177 Å². The number of methoxy groups -OCH3 is 1. The van der Waals surface area contributed by atoms with Crippen molar-refractivity contribution >= 4 is 59.3 Å². The minimum absolute atomic E-state index is 0.0104. The van der Waals surface area contributed by atoms with E-state index in [0.717, 1.165) is 27.0 Å². The zero-order valence-electron chi connectivity index (χ0n) is 31.7. The summed E-state index contributed by atoms with van der Waals surface area (Å²) in [6.07, 6.45) is 3.86. The molecule has 0 spiro atoms. The molecule has 3 aliphatic heterocycles. The Bertz CT molecular complexity index is 2320. The van der Waals surface area contributed by atoms with Gasteiger partial charge in [-0.1, -0.05) is 48.0 Å². The smallest absolute Gasteiger partial charge is 0.266 e. The number of imide groups is 2. The summed E-state index contributed by atoms with van der Waals surface area (Å²) in [5, 5.41) is 6.44. The van der Waals surface area contributed by atoms with Crippen LogP contribution in [-0.4, -0.2) is 96.6 Å². The van der Waals surface area contributed by atoms with Crippen LogP contribution in [0.3, 0.4) is 0 Å². The fourth-order valence-corrected chi connectivity index (χ4v) is 9.01. The first kappa shape index (κ1) is 39.6. The van der Waals surface area contributed by atoms with Gasteiger partial charge in [0.1, 0.15) is 30.5 Å². The van der Waals surface area contributed by atoms with Crippen molar-refractivity contribution in [2.75, 3.05) is 45.0 Å². The number of halogens is 1. The molecule has 1 aromatic heterocycles. The number of amides is 5. The minimum atomic E-state index is -2.50. The summed E-state index contributed by atoms with van der Waals surface area (Å²) < 4.78 is 24.5. The Kier molecular flexibility index (Phi) is 11.5. The van der Waals surface area contributed by atoms with E-state index in [1.807, 2.05) is 42.5 Å². The Balaban J connectivity index is 0.931. The number of carbonyl (C=O) groups is 5. The molecule has 3 aromatic carbocycles. The molecule has 2 fully saturated rings. The zero-order valence-corrected chi connectivity index (χ0v) is 33.4. The monoisotopic (exact) mass is 812 g/mol. The molecule has 0 aliphatic carbocycles. The summed E-state index contributed by atoms with van der Waals surface area (Å²) in [6, 6.07) is 17.0. The van der Waals surface area contributed by atoms with Crippen LogP contribution in [0.1, 0.15) is 69.0 Å². The second kappa shape index (κ2) is 16.5. The van der Waals surface area contributed by atoms with Crippen LogP contribution in [-0.2, 0) is 31.8 Å². The molecule has 0 radical (unpaired) electrons. The molecule has 4 heterocycles. The number of fused-ring (bicyclic) bond motifs is 1. The van der Waals surface area contributed by atoms with E-state index in [-0.39, 0.29) is 48.3 Å². The lowest BCUT2D eigenvalue weighted by atomic mass is 10.0. The Morgan fingerprint density at radius 1 is 0.947 bits per heavy atom. The lowest BCUT2D eigenvalue weighted by molar-refractivity contribution is -0.136. The second-order valence-electron chi connectivity index (χ2n) is 14.7. The summed E-state index contributed by atoms with van der Waals surface area (Å²) in [5.74, 6) is -1.54. The molecule has 0 bridgehead atoms. The summed E-state index contributed by atoms with van der Waals surface area (Å²) >= 11 is 6.53. The van der Waals surface area contributed by atoms with Gasteiger partial charge in [-0.3, -0.25) is 34.2 Å². The predicted molar refractivity (Wildman–Crippen MR) is 213 cm³/mol. The lowest BCUT2D eigenvalue weighted by Crippen LogP contribution is -2.54. The Morgan fingerprint density at radius 2 is 1.72 bits per heavy atom. The van der Waals surface area contributed by atoms with Crippen LogP contribution in [0, 0.1) is 0 Å². The SMILES string of the molecule is COc1cc(N2CCC(NC(=O)COc3cccc4c3C(=O)N(C3CCC(=O)NC3=O)C4=O)CC2)ccc1Cc1ncc(Cl)c(Cc2ccccc2P(C)(C)=O)n1. The molecule has 0 saturated carbocycles. The lowest BCUT2D eigenvalue weighted by Gasteiger charge is -2.34. The number of benzene rings is 3. The number of ether oxygens (including phenoxy) is 2. The van der Waals surface area contributed by atoms with Crippen LogP contribution in [0.25, 0.3) is 0 Å². The highest BCUT2D eigenvalue weighted by atomic mass is 35.5. The number of nitrogens with one attached hydrogen (secondary N) is 2. The molecule has 2 N–H and O–H groups in total. The molecular formula is C41H42ClN6O8P. The Labute approximate surface area is 334 Å². The van der Waals surface area contributed by atoms with E-state index in [1.54, 1.807) is 32.7 Å². The van der Waals surface area contributed by atoms with Crippen LogP contribution in [0.15, 0.2) is 66.9 Å². The number of carbonyl (C=O) groups excluding carboxylic acids is 5. The molecule has 57 heavy (non-hydrogen) atoms. The summed E-state index contributed by atoms with van der Waals surface area (Å²) in [6.45, 7) is 4.50. The number of anilines is 1. The molecule has 2 saturated heterocycles. The highest BCUT2D eigenvalue weighted by Gasteiger charge is 2.46. The van der Waals surface area contributed by atoms with Crippen LogP contribution in [0.4, 0.5) is 5.69 Å². The third kappa shape index (κ3) is 8.57. The summed E-state index contributed by atoms with van der Waals surface area (Å²) in [7, 11) is -0.882. The van der Waals surface area contributed by atoms with Crippen molar-refractivity contribution in [3.8, 4) is 11.5 Å². The van der Waals surface area contributed by atoms with Crippen molar-refractivity contribution in [3.63, 3.8) is 0 Å². The Hall–Kier alpha value is -5.59. The van der Waals surface area contributed by atoms with E-state index >= 15 is 0 Å². The molecule has 16 heteroatoms. The van der Waals surface area contributed by atoms with E-state index in [1.165, 1.54) is 12.1 Å². The van der Waals surface area contributed by atoms with E-state index in [2.05, 4.69) is 20.5 Å². The second-order valence-corrected chi connectivity index (χ2v) is 18.2. The largest absolute Gasteiger partial charge is 0.496 e. The Morgan fingerprint density at radius 3 is 2.46 bits per heavy atom. The fraction of sp³-hybridized carbons (Fsp3) is 0.341. The number of hydrogen-bond donors (Lipinski definition) is 2. The molecule has 7 rings (SSSR count). The van der Waals surface area contributed by atoms with Crippen LogP contribution in [0.5, 0.6) is 11.5 Å². The predicted octanol–water partition coefficient (Wildman–Crippen LogP) is 4.13. The van der Waals surface area contributed by atoms with Gasteiger partial charge < -0.3 is 24.3 Å². The van der Waals surface area contributed by atoms with Gasteiger partial charge in [-0.25, -0.2) is 9.97 Å². The van der Waals surface area contributed by atoms with Gasteiger partial charge in [0, 0.05) is 67.2 Å². The molecule has 1 unspecified atom stereocenters. The molecule has 1 atom stereocenters. The van der Waals surface area contributed by atoms with Crippen molar-refractivity contribution in [1.82, 2.24) is 25.5 Å². The molecule has 5 amide bonds. The maximum Gasteiger partial charge on any atom is 0.266 e. The van der Waals surface area contributed by atoms with Crippen molar-refractivity contribution in [1.29, 1.82) is 0 Å². The molecule has 3 aliphatic rings. The summed E-state index contributed by atoms with van der Waals surface area (Å²) in [4.78, 5) is 75.9. The van der Waals surface area contributed by atoms with Crippen molar-refractivity contribution in [2.45, 2.75) is 50.6 Å². The highest BCUT2D eigenvalue weighted by molar-refractivity contribution is 7.70.